The highest BCUT2D eigenvalue weighted by Crippen LogP contribution is 2.59. The summed E-state index contributed by atoms with van der Waals surface area (Å²) < 4.78 is 83.1. The van der Waals surface area contributed by atoms with Gasteiger partial charge in [-0.2, -0.15) is 26.3 Å². The van der Waals surface area contributed by atoms with Gasteiger partial charge in [-0.1, -0.05) is 48.5 Å². The summed E-state index contributed by atoms with van der Waals surface area (Å²) in [6.07, 6.45) is 3.21. The van der Waals surface area contributed by atoms with Gasteiger partial charge in [0, 0.05) is 27.0 Å². The van der Waals surface area contributed by atoms with E-state index in [1.165, 1.54) is 13.8 Å². The predicted octanol–water partition coefficient (Wildman–Crippen LogP) is 7.99. The third-order valence-corrected chi connectivity index (χ3v) is 6.52. The van der Waals surface area contributed by atoms with E-state index < -0.39 is 23.3 Å². The summed E-state index contributed by atoms with van der Waals surface area (Å²) in [4.78, 5) is 0.829. The lowest BCUT2D eigenvalue weighted by molar-refractivity contribution is -0.257. The minimum atomic E-state index is -5.46. The fraction of sp³-hybridized carbons (Fsp3) is 0.217. The van der Waals surface area contributed by atoms with E-state index in [-0.39, 0.29) is 22.1 Å². The summed E-state index contributed by atoms with van der Waals surface area (Å²) in [5.74, 6) is -15.3. The molecule has 0 N–H and O–H groups in total. The van der Waals surface area contributed by atoms with Gasteiger partial charge in [0.25, 0.3) is 0 Å². The Labute approximate surface area is 173 Å². The number of fused-ring (bicyclic) bond motifs is 1. The second kappa shape index (κ2) is 6.74. The Hall–Kier alpha value is -2.54. The van der Waals surface area contributed by atoms with Crippen LogP contribution in [0.5, 0.6) is 0 Å². The van der Waals surface area contributed by atoms with Crippen molar-refractivity contribution in [1.82, 2.24) is 0 Å². The second-order valence-electron chi connectivity index (χ2n) is 7.25. The number of aryl methyl sites for hydroxylation is 1. The first-order valence-corrected chi connectivity index (χ1v) is 9.92. The molecule has 0 unspecified atom stereocenters. The highest BCUT2D eigenvalue weighted by Gasteiger charge is 2.77. The molecular formula is C23H16F6S. The van der Waals surface area contributed by atoms with Crippen LogP contribution in [0.3, 0.4) is 0 Å². The summed E-state index contributed by atoms with van der Waals surface area (Å²) in [5, 5.41) is 2.02. The molecule has 7 heteroatoms. The molecule has 30 heavy (non-hydrogen) atoms. The van der Waals surface area contributed by atoms with E-state index in [1.807, 2.05) is 42.5 Å². The molecule has 3 aromatic rings. The van der Waals surface area contributed by atoms with Crippen molar-refractivity contribution in [2.75, 3.05) is 0 Å². The van der Waals surface area contributed by atoms with E-state index in [4.69, 9.17) is 0 Å². The minimum absolute atomic E-state index is 0.237. The summed E-state index contributed by atoms with van der Waals surface area (Å²) in [6, 6.07) is 13.4. The van der Waals surface area contributed by atoms with Gasteiger partial charge in [0.05, 0.1) is 0 Å². The zero-order valence-corrected chi connectivity index (χ0v) is 16.8. The van der Waals surface area contributed by atoms with Crippen molar-refractivity contribution in [3.8, 4) is 0 Å². The molecule has 0 saturated heterocycles. The summed E-state index contributed by atoms with van der Waals surface area (Å²) >= 11 is 1.10. The summed E-state index contributed by atoms with van der Waals surface area (Å²) in [7, 11) is 0. The molecule has 0 nitrogen and oxygen atoms in total. The molecule has 0 saturated carbocycles. The van der Waals surface area contributed by atoms with Crippen molar-refractivity contribution in [3.05, 3.63) is 75.0 Å². The number of halogens is 6. The molecule has 1 aromatic heterocycles. The summed E-state index contributed by atoms with van der Waals surface area (Å²) in [6.45, 7) is 2.95. The third-order valence-electron chi connectivity index (χ3n) is 5.34. The molecule has 156 valence electrons. The van der Waals surface area contributed by atoms with Gasteiger partial charge in [-0.15, -0.1) is 11.3 Å². The average Bonchev–Trinajstić information content (AvgIpc) is 3.02. The Morgan fingerprint density at radius 3 is 2.17 bits per heavy atom. The largest absolute Gasteiger partial charge is 0.380 e. The molecule has 0 aliphatic heterocycles. The van der Waals surface area contributed by atoms with Crippen LogP contribution in [0, 0.1) is 13.8 Å². The van der Waals surface area contributed by atoms with Crippen molar-refractivity contribution in [3.63, 3.8) is 0 Å². The van der Waals surface area contributed by atoms with E-state index in [0.717, 1.165) is 27.7 Å². The Kier molecular flexibility index (Phi) is 4.65. The SMILES string of the molecule is Cc1sc(C=Cc2cccc3ccccc23)c(C)c1C1=CC(F)(F)C(F)(F)C1(F)F. The van der Waals surface area contributed by atoms with E-state index in [2.05, 4.69) is 0 Å². The molecule has 0 bridgehead atoms. The van der Waals surface area contributed by atoms with E-state index in [1.54, 1.807) is 12.2 Å². The fourth-order valence-electron chi connectivity index (χ4n) is 3.76. The standard InChI is InChI=1S/C23H16F6S/c1-13-19(11-10-16-8-5-7-15-6-3-4-9-17(15)16)30-14(2)20(13)18-12-21(24,25)23(28,29)22(18,26)27/h3-12H,1-2H3. The average molecular weight is 438 g/mol. The predicted molar refractivity (Wildman–Crippen MR) is 109 cm³/mol. The highest BCUT2D eigenvalue weighted by molar-refractivity contribution is 7.13. The van der Waals surface area contributed by atoms with Gasteiger partial charge in [-0.05, 0) is 41.8 Å². The van der Waals surface area contributed by atoms with Crippen LogP contribution in [0.4, 0.5) is 26.3 Å². The summed E-state index contributed by atoms with van der Waals surface area (Å²) in [5.41, 5.74) is -0.384. The number of rotatable bonds is 3. The molecule has 1 aliphatic rings. The molecule has 1 aliphatic carbocycles. The molecule has 0 atom stereocenters. The quantitative estimate of drug-likeness (QED) is 0.364. The van der Waals surface area contributed by atoms with Crippen LogP contribution in [0.2, 0.25) is 0 Å². The maximum absolute atomic E-state index is 14.3. The van der Waals surface area contributed by atoms with Gasteiger partial charge in [-0.25, -0.2) is 0 Å². The Morgan fingerprint density at radius 1 is 0.833 bits per heavy atom. The molecule has 0 radical (unpaired) electrons. The first-order valence-electron chi connectivity index (χ1n) is 9.10. The maximum Gasteiger partial charge on any atom is 0.380 e. The lowest BCUT2D eigenvalue weighted by Crippen LogP contribution is -2.48. The van der Waals surface area contributed by atoms with Crippen molar-refractivity contribution >= 4 is 39.8 Å². The van der Waals surface area contributed by atoms with E-state index in [0.29, 0.717) is 4.88 Å². The van der Waals surface area contributed by atoms with E-state index in [9.17, 15) is 26.3 Å². The monoisotopic (exact) mass is 438 g/mol. The lowest BCUT2D eigenvalue weighted by Gasteiger charge is -2.25. The van der Waals surface area contributed by atoms with Gasteiger partial charge in [0.2, 0.25) is 0 Å². The van der Waals surface area contributed by atoms with Gasteiger partial charge in [0.15, 0.2) is 0 Å². The van der Waals surface area contributed by atoms with Crippen molar-refractivity contribution in [2.45, 2.75) is 31.6 Å². The Balaban J connectivity index is 1.78. The number of hydrogen-bond acceptors (Lipinski definition) is 1. The van der Waals surface area contributed by atoms with Crippen LogP contribution in [0.25, 0.3) is 28.5 Å². The molecule has 4 rings (SSSR count). The molecule has 2 aromatic carbocycles. The van der Waals surface area contributed by atoms with Crippen molar-refractivity contribution in [2.24, 2.45) is 0 Å². The zero-order chi connectivity index (χ0) is 21.9. The number of alkyl halides is 6. The van der Waals surface area contributed by atoms with Crippen LogP contribution in [0.1, 0.15) is 26.4 Å². The van der Waals surface area contributed by atoms with Gasteiger partial charge in [0.1, 0.15) is 0 Å². The van der Waals surface area contributed by atoms with Gasteiger partial charge in [-0.3, -0.25) is 0 Å². The molecule has 0 amide bonds. The number of allylic oxidation sites excluding steroid dienone is 2. The van der Waals surface area contributed by atoms with Crippen LogP contribution in [-0.2, 0) is 0 Å². The van der Waals surface area contributed by atoms with Crippen LogP contribution >= 0.6 is 11.3 Å². The van der Waals surface area contributed by atoms with Crippen LogP contribution in [0.15, 0.2) is 48.5 Å². The number of thiophene rings is 1. The maximum atomic E-state index is 14.3. The second-order valence-corrected chi connectivity index (χ2v) is 8.51. The minimum Gasteiger partial charge on any atom is -0.195 e. The number of benzene rings is 2. The van der Waals surface area contributed by atoms with E-state index >= 15 is 0 Å². The zero-order valence-electron chi connectivity index (χ0n) is 15.9. The fourth-order valence-corrected chi connectivity index (χ4v) is 4.85. The topological polar surface area (TPSA) is 0 Å². The lowest BCUT2D eigenvalue weighted by atomic mass is 9.97. The molecule has 1 heterocycles. The first-order chi connectivity index (χ1) is 14.0. The Morgan fingerprint density at radius 2 is 1.50 bits per heavy atom. The van der Waals surface area contributed by atoms with Crippen LogP contribution < -0.4 is 0 Å². The van der Waals surface area contributed by atoms with Gasteiger partial charge < -0.3 is 0 Å². The normalized spacial score (nSPS) is 19.5. The van der Waals surface area contributed by atoms with Crippen molar-refractivity contribution < 1.29 is 26.3 Å². The molecular weight excluding hydrogens is 422 g/mol. The first kappa shape index (κ1) is 20.7. The smallest absolute Gasteiger partial charge is 0.195 e. The highest BCUT2D eigenvalue weighted by atomic mass is 32.1. The number of hydrogen-bond donors (Lipinski definition) is 0. The Bertz CT molecular complexity index is 1190. The van der Waals surface area contributed by atoms with Crippen molar-refractivity contribution in [1.29, 1.82) is 0 Å². The third kappa shape index (κ3) is 2.90. The molecule has 0 fully saturated rings. The van der Waals surface area contributed by atoms with Crippen LogP contribution in [-0.4, -0.2) is 17.8 Å². The molecule has 0 spiro atoms. The van der Waals surface area contributed by atoms with Gasteiger partial charge >= 0.3 is 17.8 Å².